The topological polar surface area (TPSA) is 51.2 Å². The highest BCUT2D eigenvalue weighted by atomic mass is 16.3. The molecule has 0 saturated heterocycles. The molecule has 1 aromatic heterocycles. The average molecular weight is 246 g/mol. The Hall–Kier alpha value is -1.32. The summed E-state index contributed by atoms with van der Waals surface area (Å²) in [6.07, 6.45) is 5.31. The normalized spacial score (nSPS) is 14.8. The third-order valence-corrected chi connectivity index (χ3v) is 3.51. The second kappa shape index (κ2) is 6.03. The highest BCUT2D eigenvalue weighted by molar-refractivity contribution is 5.81. The zero-order valence-electron chi connectivity index (χ0n) is 11.1. The van der Waals surface area contributed by atoms with Crippen LogP contribution in [0.1, 0.15) is 44.7 Å². The minimum atomic E-state index is 0.162. The van der Waals surface area contributed by atoms with Gasteiger partial charge in [0.15, 0.2) is 0 Å². The van der Waals surface area contributed by atoms with Crippen LogP contribution in [0, 0.1) is 5.92 Å². The van der Waals surface area contributed by atoms with Crippen LogP contribution in [-0.2, 0) is 0 Å². The molecule has 98 valence electrons. The van der Waals surface area contributed by atoms with Crippen molar-refractivity contribution >= 4 is 11.0 Å². The van der Waals surface area contributed by atoms with Crippen molar-refractivity contribution < 1.29 is 4.42 Å². The summed E-state index contributed by atoms with van der Waals surface area (Å²) >= 11 is 0. The number of para-hydroxylation sites is 1. The Kier molecular flexibility index (Phi) is 4.39. The van der Waals surface area contributed by atoms with Gasteiger partial charge >= 0.3 is 0 Å². The number of fused-ring (bicyclic) bond motifs is 1. The summed E-state index contributed by atoms with van der Waals surface area (Å²) in [5.41, 5.74) is 5.02. The molecule has 1 aromatic carbocycles. The lowest BCUT2D eigenvalue weighted by Gasteiger charge is -2.19. The van der Waals surface area contributed by atoms with Crippen LogP contribution in [0.4, 0.5) is 0 Å². The Morgan fingerprint density at radius 1 is 1.33 bits per heavy atom. The third-order valence-electron chi connectivity index (χ3n) is 3.51. The molecule has 18 heavy (non-hydrogen) atoms. The van der Waals surface area contributed by atoms with E-state index in [0.717, 1.165) is 23.0 Å². The van der Waals surface area contributed by atoms with E-state index in [1.54, 1.807) is 0 Å². The van der Waals surface area contributed by atoms with E-state index in [0.29, 0.717) is 5.92 Å². The Labute approximate surface area is 108 Å². The number of nitrogens with two attached hydrogens (primary N) is 1. The first-order valence-electron chi connectivity index (χ1n) is 6.68. The molecule has 3 heteroatoms. The molecule has 0 aliphatic carbocycles. The summed E-state index contributed by atoms with van der Waals surface area (Å²) in [5.74, 6) is 6.36. The smallest absolute Gasteiger partial charge is 0.134 e. The van der Waals surface area contributed by atoms with Crippen molar-refractivity contribution in [2.75, 3.05) is 0 Å². The maximum absolute atomic E-state index is 5.71. The largest absolute Gasteiger partial charge is 0.464 e. The number of hydrogen-bond donors (Lipinski definition) is 2. The number of furan rings is 1. The van der Waals surface area contributed by atoms with Crippen LogP contribution < -0.4 is 11.3 Å². The molecule has 2 atom stereocenters. The van der Waals surface area contributed by atoms with Gasteiger partial charge < -0.3 is 4.42 Å². The van der Waals surface area contributed by atoms with Gasteiger partial charge in [0.2, 0.25) is 0 Å². The summed E-state index contributed by atoms with van der Waals surface area (Å²) in [6, 6.07) is 8.25. The molecule has 2 aromatic rings. The molecule has 0 radical (unpaired) electrons. The molecule has 1 heterocycles. The molecule has 0 fully saturated rings. The van der Waals surface area contributed by atoms with Gasteiger partial charge in [0.05, 0.1) is 6.26 Å². The van der Waals surface area contributed by atoms with E-state index in [-0.39, 0.29) is 6.04 Å². The van der Waals surface area contributed by atoms with Crippen molar-refractivity contribution in [3.8, 4) is 0 Å². The lowest BCUT2D eigenvalue weighted by Crippen LogP contribution is -2.29. The maximum Gasteiger partial charge on any atom is 0.134 e. The first kappa shape index (κ1) is 13.1. The van der Waals surface area contributed by atoms with E-state index in [1.165, 1.54) is 12.8 Å². The standard InChI is InChI=1S/C15H22N2O/c1-3-6-11(2)9-14(17-16)13-10-18-15-8-5-4-7-12(13)15/h4-5,7-8,10-11,14,17H,3,6,9,16H2,1-2H3. The summed E-state index contributed by atoms with van der Waals surface area (Å²) in [5, 5.41) is 1.16. The molecule has 0 bridgehead atoms. The van der Waals surface area contributed by atoms with E-state index in [2.05, 4.69) is 25.3 Å². The zero-order valence-corrected chi connectivity index (χ0v) is 11.1. The second-order valence-corrected chi connectivity index (χ2v) is 5.04. The molecule has 0 amide bonds. The van der Waals surface area contributed by atoms with E-state index in [9.17, 15) is 0 Å². The summed E-state index contributed by atoms with van der Waals surface area (Å²) in [4.78, 5) is 0. The number of nitrogens with one attached hydrogen (secondary N) is 1. The summed E-state index contributed by atoms with van der Waals surface area (Å²) in [7, 11) is 0. The molecule has 2 unspecified atom stereocenters. The van der Waals surface area contributed by atoms with E-state index in [1.807, 2.05) is 24.5 Å². The molecule has 3 nitrogen and oxygen atoms in total. The quantitative estimate of drug-likeness (QED) is 0.602. The molecular weight excluding hydrogens is 224 g/mol. The van der Waals surface area contributed by atoms with Crippen molar-refractivity contribution in [2.45, 2.75) is 39.2 Å². The fourth-order valence-electron chi connectivity index (χ4n) is 2.57. The molecule has 0 aliphatic heterocycles. The fraction of sp³-hybridized carbons (Fsp3) is 0.467. The number of hydrazine groups is 1. The van der Waals surface area contributed by atoms with Crippen LogP contribution in [0.5, 0.6) is 0 Å². The zero-order chi connectivity index (χ0) is 13.0. The minimum absolute atomic E-state index is 0.162. The minimum Gasteiger partial charge on any atom is -0.464 e. The Balaban J connectivity index is 2.21. The Morgan fingerprint density at radius 2 is 2.11 bits per heavy atom. The predicted octanol–water partition coefficient (Wildman–Crippen LogP) is 3.76. The van der Waals surface area contributed by atoms with Gasteiger partial charge in [0, 0.05) is 17.0 Å². The van der Waals surface area contributed by atoms with Crippen LogP contribution in [0.15, 0.2) is 34.9 Å². The molecular formula is C15H22N2O. The van der Waals surface area contributed by atoms with E-state index < -0.39 is 0 Å². The van der Waals surface area contributed by atoms with Gasteiger partial charge in [-0.3, -0.25) is 11.3 Å². The van der Waals surface area contributed by atoms with Gasteiger partial charge in [-0.2, -0.15) is 0 Å². The molecule has 3 N–H and O–H groups in total. The van der Waals surface area contributed by atoms with E-state index in [4.69, 9.17) is 10.3 Å². The Bertz CT molecular complexity index is 492. The SMILES string of the molecule is CCCC(C)CC(NN)c1coc2ccccc12. The van der Waals surface area contributed by atoms with Gasteiger partial charge in [-0.25, -0.2) is 0 Å². The monoisotopic (exact) mass is 246 g/mol. The van der Waals surface area contributed by atoms with Gasteiger partial charge in [-0.1, -0.05) is 44.9 Å². The van der Waals surface area contributed by atoms with Gasteiger partial charge in [0.1, 0.15) is 5.58 Å². The Morgan fingerprint density at radius 3 is 2.83 bits per heavy atom. The molecule has 0 aliphatic rings. The first-order valence-corrected chi connectivity index (χ1v) is 6.68. The molecule has 0 spiro atoms. The van der Waals surface area contributed by atoms with Crippen LogP contribution in [-0.4, -0.2) is 0 Å². The number of hydrogen-bond acceptors (Lipinski definition) is 3. The molecule has 0 saturated carbocycles. The molecule has 2 rings (SSSR count). The van der Waals surface area contributed by atoms with Gasteiger partial charge in [-0.15, -0.1) is 0 Å². The lowest BCUT2D eigenvalue weighted by molar-refractivity contribution is 0.393. The predicted molar refractivity (Wildman–Crippen MR) is 75.0 cm³/mol. The van der Waals surface area contributed by atoms with Gasteiger partial charge in [0.25, 0.3) is 0 Å². The summed E-state index contributed by atoms with van der Waals surface area (Å²) in [6.45, 7) is 4.49. The lowest BCUT2D eigenvalue weighted by atomic mass is 9.93. The van der Waals surface area contributed by atoms with Crippen LogP contribution in [0.25, 0.3) is 11.0 Å². The van der Waals surface area contributed by atoms with Gasteiger partial charge in [-0.05, 0) is 18.4 Å². The number of rotatable bonds is 6. The highest BCUT2D eigenvalue weighted by Crippen LogP contribution is 2.30. The van der Waals surface area contributed by atoms with Crippen LogP contribution in [0.3, 0.4) is 0 Å². The van der Waals surface area contributed by atoms with Crippen molar-refractivity contribution in [3.05, 3.63) is 36.1 Å². The summed E-state index contributed by atoms with van der Waals surface area (Å²) < 4.78 is 5.58. The van der Waals surface area contributed by atoms with Crippen molar-refractivity contribution in [1.82, 2.24) is 5.43 Å². The average Bonchev–Trinajstić information content (AvgIpc) is 2.80. The van der Waals surface area contributed by atoms with Crippen molar-refractivity contribution in [1.29, 1.82) is 0 Å². The van der Waals surface area contributed by atoms with Crippen molar-refractivity contribution in [2.24, 2.45) is 11.8 Å². The second-order valence-electron chi connectivity index (χ2n) is 5.04. The van der Waals surface area contributed by atoms with Crippen LogP contribution >= 0.6 is 0 Å². The number of benzene rings is 1. The third kappa shape index (κ3) is 2.74. The first-order chi connectivity index (χ1) is 8.76. The van der Waals surface area contributed by atoms with E-state index >= 15 is 0 Å². The highest BCUT2D eigenvalue weighted by Gasteiger charge is 2.18. The fourth-order valence-corrected chi connectivity index (χ4v) is 2.57. The maximum atomic E-state index is 5.71. The van der Waals surface area contributed by atoms with Crippen LogP contribution in [0.2, 0.25) is 0 Å². The van der Waals surface area contributed by atoms with Crippen molar-refractivity contribution in [3.63, 3.8) is 0 Å².